The molecule has 0 fully saturated rings. The molecule has 1 heterocycles. The van der Waals surface area contributed by atoms with Gasteiger partial charge in [0.1, 0.15) is 0 Å². The van der Waals surface area contributed by atoms with Crippen LogP contribution >= 0.6 is 15.9 Å². The number of carbonyl (C=O) groups is 1. The van der Waals surface area contributed by atoms with Gasteiger partial charge < -0.3 is 4.74 Å². The minimum absolute atomic E-state index is 0.147. The molecular weight excluding hydrogens is 265 g/mol. The summed E-state index contributed by atoms with van der Waals surface area (Å²) in [4.78, 5) is 14.8. The van der Waals surface area contributed by atoms with E-state index in [9.17, 15) is 9.18 Å². The zero-order valence-corrected chi connectivity index (χ0v) is 9.62. The van der Waals surface area contributed by atoms with Gasteiger partial charge in [-0.3, -0.25) is 4.98 Å². The van der Waals surface area contributed by atoms with E-state index in [0.29, 0.717) is 5.69 Å². The number of carbonyl (C=O) groups excluding carboxylic acids is 1. The monoisotopic (exact) mass is 273 g/mol. The van der Waals surface area contributed by atoms with E-state index < -0.39 is 11.8 Å². The summed E-state index contributed by atoms with van der Waals surface area (Å²) in [7, 11) is 0. The molecule has 0 atom stereocenters. The Morgan fingerprint density at radius 3 is 2.93 bits per heavy atom. The van der Waals surface area contributed by atoms with Gasteiger partial charge in [0.05, 0.1) is 12.3 Å². The van der Waals surface area contributed by atoms with Gasteiger partial charge in [0.25, 0.3) is 0 Å². The fourth-order valence-electron chi connectivity index (χ4n) is 0.861. The maximum absolute atomic E-state index is 13.1. The third kappa shape index (κ3) is 3.79. The molecule has 5 heteroatoms. The molecule has 0 aliphatic rings. The van der Waals surface area contributed by atoms with E-state index in [1.807, 2.05) is 0 Å². The van der Waals surface area contributed by atoms with E-state index in [1.54, 1.807) is 19.1 Å². The van der Waals surface area contributed by atoms with E-state index in [-0.39, 0.29) is 6.61 Å². The zero-order valence-electron chi connectivity index (χ0n) is 8.04. The highest BCUT2D eigenvalue weighted by atomic mass is 79.9. The van der Waals surface area contributed by atoms with Crippen LogP contribution in [0, 0.1) is 0 Å². The van der Waals surface area contributed by atoms with Crippen LogP contribution in [0.1, 0.15) is 12.6 Å². The minimum atomic E-state index is -0.970. The van der Waals surface area contributed by atoms with Crippen molar-refractivity contribution in [2.45, 2.75) is 6.92 Å². The second-order valence-electron chi connectivity index (χ2n) is 2.61. The van der Waals surface area contributed by atoms with Gasteiger partial charge in [-0.1, -0.05) is 0 Å². The first-order valence-corrected chi connectivity index (χ1v) is 5.08. The highest BCUT2D eigenvalue weighted by Gasteiger charge is 2.09. The van der Waals surface area contributed by atoms with Crippen LogP contribution in [0.15, 0.2) is 28.6 Å². The highest BCUT2D eigenvalue weighted by molar-refractivity contribution is 9.10. The lowest BCUT2D eigenvalue weighted by Gasteiger charge is -1.98. The maximum Gasteiger partial charge on any atom is 0.367 e. The first-order chi connectivity index (χ1) is 7.13. The van der Waals surface area contributed by atoms with Gasteiger partial charge in [0.2, 0.25) is 5.83 Å². The molecule has 0 aliphatic carbocycles. The van der Waals surface area contributed by atoms with E-state index in [1.165, 1.54) is 6.20 Å². The summed E-state index contributed by atoms with van der Waals surface area (Å²) in [5, 5.41) is 0. The number of halogens is 2. The minimum Gasteiger partial charge on any atom is -0.461 e. The van der Waals surface area contributed by atoms with Crippen molar-refractivity contribution in [1.82, 2.24) is 4.98 Å². The predicted octanol–water partition coefficient (Wildman–Crippen LogP) is 2.72. The van der Waals surface area contributed by atoms with Gasteiger partial charge in [-0.25, -0.2) is 4.79 Å². The summed E-state index contributed by atoms with van der Waals surface area (Å²) < 4.78 is 18.4. The van der Waals surface area contributed by atoms with Crippen molar-refractivity contribution in [3.05, 3.63) is 34.3 Å². The van der Waals surface area contributed by atoms with Crippen LogP contribution in [0.2, 0.25) is 0 Å². The summed E-state index contributed by atoms with van der Waals surface area (Å²) in [6.07, 6.45) is 2.55. The number of esters is 1. The van der Waals surface area contributed by atoms with Crippen LogP contribution in [-0.2, 0) is 9.53 Å². The fraction of sp³-hybridized carbons (Fsp3) is 0.200. The number of aromatic nitrogens is 1. The smallest absolute Gasteiger partial charge is 0.367 e. The summed E-state index contributed by atoms with van der Waals surface area (Å²) in [6, 6.07) is 3.29. The summed E-state index contributed by atoms with van der Waals surface area (Å²) in [5.74, 6) is -1.92. The number of ether oxygens (including phenoxy) is 1. The number of rotatable bonds is 3. The lowest BCUT2D eigenvalue weighted by molar-refractivity contribution is -0.140. The van der Waals surface area contributed by atoms with Crippen LogP contribution in [0.3, 0.4) is 0 Å². The SMILES string of the molecule is CCOC(=O)/C(F)=C/c1ccc(Br)cn1. The number of hydrogen-bond donors (Lipinski definition) is 0. The quantitative estimate of drug-likeness (QED) is 0.628. The summed E-state index contributed by atoms with van der Waals surface area (Å²) in [5.41, 5.74) is 0.365. The molecule has 0 bridgehead atoms. The lowest BCUT2D eigenvalue weighted by atomic mass is 10.3. The van der Waals surface area contributed by atoms with Gasteiger partial charge >= 0.3 is 5.97 Å². The van der Waals surface area contributed by atoms with Crippen molar-refractivity contribution in [2.24, 2.45) is 0 Å². The number of pyridine rings is 1. The molecule has 0 unspecified atom stereocenters. The molecule has 1 aromatic rings. The molecule has 0 saturated heterocycles. The van der Waals surface area contributed by atoms with Crippen LogP contribution in [0.25, 0.3) is 6.08 Å². The molecule has 0 spiro atoms. The van der Waals surface area contributed by atoms with Gasteiger partial charge in [-0.2, -0.15) is 4.39 Å². The third-order valence-corrected chi connectivity index (χ3v) is 1.96. The molecule has 3 nitrogen and oxygen atoms in total. The molecule has 0 aromatic carbocycles. The Kier molecular flexibility index (Phi) is 4.42. The Labute approximate surface area is 95.1 Å². The van der Waals surface area contributed by atoms with Crippen molar-refractivity contribution < 1.29 is 13.9 Å². The molecule has 1 rings (SSSR count). The van der Waals surface area contributed by atoms with E-state index in [2.05, 4.69) is 25.7 Å². The van der Waals surface area contributed by atoms with Crippen molar-refractivity contribution in [3.63, 3.8) is 0 Å². The van der Waals surface area contributed by atoms with Gasteiger partial charge in [-0.05, 0) is 35.0 Å². The Morgan fingerprint density at radius 1 is 1.67 bits per heavy atom. The molecular formula is C10H9BrFNO2. The number of hydrogen-bond acceptors (Lipinski definition) is 3. The van der Waals surface area contributed by atoms with Crippen LogP contribution in [0.5, 0.6) is 0 Å². The zero-order chi connectivity index (χ0) is 11.3. The Bertz CT molecular complexity index is 376. The van der Waals surface area contributed by atoms with Crippen molar-refractivity contribution in [3.8, 4) is 0 Å². The Balaban J connectivity index is 2.78. The molecule has 0 amide bonds. The standard InChI is InChI=1S/C10H9BrFNO2/c1-2-15-10(14)9(12)5-8-4-3-7(11)6-13-8/h3-6H,2H2,1H3/b9-5-. The second-order valence-corrected chi connectivity index (χ2v) is 3.53. The first kappa shape index (κ1) is 11.8. The highest BCUT2D eigenvalue weighted by Crippen LogP contribution is 2.11. The summed E-state index contributed by atoms with van der Waals surface area (Å²) >= 11 is 3.20. The van der Waals surface area contributed by atoms with Gasteiger partial charge in [-0.15, -0.1) is 0 Å². The van der Waals surface area contributed by atoms with Gasteiger partial charge in [0.15, 0.2) is 0 Å². The maximum atomic E-state index is 13.1. The topological polar surface area (TPSA) is 39.2 Å². The summed E-state index contributed by atoms with van der Waals surface area (Å²) in [6.45, 7) is 1.76. The van der Waals surface area contributed by atoms with Gasteiger partial charge in [0, 0.05) is 16.7 Å². The van der Waals surface area contributed by atoms with E-state index in [0.717, 1.165) is 10.5 Å². The molecule has 0 saturated carbocycles. The van der Waals surface area contributed by atoms with E-state index in [4.69, 9.17) is 0 Å². The fourth-order valence-corrected chi connectivity index (χ4v) is 1.10. The first-order valence-electron chi connectivity index (χ1n) is 4.29. The molecule has 80 valence electrons. The predicted molar refractivity (Wildman–Crippen MR) is 57.7 cm³/mol. The van der Waals surface area contributed by atoms with Crippen molar-refractivity contribution >= 4 is 28.0 Å². The van der Waals surface area contributed by atoms with Crippen molar-refractivity contribution in [2.75, 3.05) is 6.61 Å². The van der Waals surface area contributed by atoms with Crippen LogP contribution < -0.4 is 0 Å². The number of nitrogens with zero attached hydrogens (tertiary/aromatic N) is 1. The van der Waals surface area contributed by atoms with E-state index >= 15 is 0 Å². The normalized spacial score (nSPS) is 11.3. The Morgan fingerprint density at radius 2 is 2.40 bits per heavy atom. The van der Waals surface area contributed by atoms with Crippen LogP contribution in [0.4, 0.5) is 4.39 Å². The molecule has 0 aliphatic heterocycles. The largest absolute Gasteiger partial charge is 0.461 e. The average Bonchev–Trinajstić information content (AvgIpc) is 2.22. The van der Waals surface area contributed by atoms with Crippen LogP contribution in [-0.4, -0.2) is 17.6 Å². The third-order valence-electron chi connectivity index (χ3n) is 1.50. The molecule has 1 aromatic heterocycles. The second kappa shape index (κ2) is 5.60. The molecule has 0 N–H and O–H groups in total. The van der Waals surface area contributed by atoms with Crippen molar-refractivity contribution in [1.29, 1.82) is 0 Å². The average molecular weight is 274 g/mol. The Hall–Kier alpha value is -1.23. The molecule has 15 heavy (non-hydrogen) atoms. The molecule has 0 radical (unpaired) electrons. The lowest BCUT2D eigenvalue weighted by Crippen LogP contribution is -2.04.